The summed E-state index contributed by atoms with van der Waals surface area (Å²) >= 11 is 5.81. The zero-order valence-corrected chi connectivity index (χ0v) is 17.2. The highest BCUT2D eigenvalue weighted by Crippen LogP contribution is 2.27. The lowest BCUT2D eigenvalue weighted by Crippen LogP contribution is -2.17. The summed E-state index contributed by atoms with van der Waals surface area (Å²) in [6.45, 7) is 6.05. The maximum atomic E-state index is 14.6. The van der Waals surface area contributed by atoms with E-state index < -0.39 is 29.7 Å². The molecule has 0 unspecified atom stereocenters. The Labute approximate surface area is 157 Å². The molecule has 2 heterocycles. The fourth-order valence-electron chi connectivity index (χ4n) is 1.80. The highest BCUT2D eigenvalue weighted by molar-refractivity contribution is 7.92. The molecule has 0 saturated heterocycles. The normalized spacial score (nSPS) is 11.5. The van der Waals surface area contributed by atoms with E-state index in [1.54, 1.807) is 0 Å². The summed E-state index contributed by atoms with van der Waals surface area (Å²) in [5.41, 5.74) is 3.09. The minimum absolute atomic E-state index is 0.0660. The highest BCUT2D eigenvalue weighted by atomic mass is 35.5. The van der Waals surface area contributed by atoms with Crippen molar-refractivity contribution in [3.05, 3.63) is 40.9 Å². The molecule has 0 fully saturated rings. The molecule has 0 aliphatic heterocycles. The van der Waals surface area contributed by atoms with E-state index in [4.69, 9.17) is 16.3 Å². The maximum Gasteiger partial charge on any atom is 0.268 e. The largest absolute Gasteiger partial charge is 0.480 e. The van der Waals surface area contributed by atoms with E-state index >= 15 is 0 Å². The van der Waals surface area contributed by atoms with Gasteiger partial charge in [-0.2, -0.15) is 0 Å². The molecule has 0 spiro atoms. The van der Waals surface area contributed by atoms with Gasteiger partial charge < -0.3 is 4.74 Å². The molecule has 2 aromatic heterocycles. The summed E-state index contributed by atoms with van der Waals surface area (Å²) in [6, 6.07) is 2.55. The SMILES string of the molecule is COc1ncc(Cl)cc1S(=O)(=O)Nc1nccc(C#C[Si](C)(C)C)c1F. The monoisotopic (exact) mass is 413 g/mol. The molecule has 0 amide bonds. The Hall–Kier alpha value is -2.15. The lowest BCUT2D eigenvalue weighted by molar-refractivity contribution is 0.385. The molecule has 0 radical (unpaired) electrons. The van der Waals surface area contributed by atoms with Crippen LogP contribution < -0.4 is 9.46 Å². The molecule has 138 valence electrons. The smallest absolute Gasteiger partial charge is 0.268 e. The maximum absolute atomic E-state index is 14.6. The van der Waals surface area contributed by atoms with Gasteiger partial charge in [0.1, 0.15) is 8.07 Å². The van der Waals surface area contributed by atoms with E-state index in [0.29, 0.717) is 0 Å². The van der Waals surface area contributed by atoms with Crippen molar-refractivity contribution in [2.75, 3.05) is 11.8 Å². The summed E-state index contributed by atoms with van der Waals surface area (Å²) < 4.78 is 46.8. The summed E-state index contributed by atoms with van der Waals surface area (Å²) in [5.74, 6) is 1.27. The predicted octanol–water partition coefficient (Wildman–Crippen LogP) is 3.31. The molecular formula is C16H17ClFN3O3SSi. The molecule has 1 N–H and O–H groups in total. The number of anilines is 1. The molecular weight excluding hydrogens is 397 g/mol. The third kappa shape index (κ3) is 4.94. The number of pyridine rings is 2. The van der Waals surface area contributed by atoms with Crippen LogP contribution in [0.2, 0.25) is 24.7 Å². The lowest BCUT2D eigenvalue weighted by Gasteiger charge is -2.11. The van der Waals surface area contributed by atoms with Crippen LogP contribution in [0, 0.1) is 17.3 Å². The van der Waals surface area contributed by atoms with E-state index in [1.807, 2.05) is 19.6 Å². The number of nitrogens with one attached hydrogen (secondary N) is 1. The third-order valence-electron chi connectivity index (χ3n) is 2.96. The molecule has 2 aromatic rings. The Kier molecular flexibility index (Phi) is 5.90. The van der Waals surface area contributed by atoms with Crippen LogP contribution in [0.4, 0.5) is 10.2 Å². The van der Waals surface area contributed by atoms with Crippen LogP contribution in [0.25, 0.3) is 0 Å². The van der Waals surface area contributed by atoms with Crippen molar-refractivity contribution in [2.45, 2.75) is 24.5 Å². The van der Waals surface area contributed by atoms with Gasteiger partial charge in [-0.25, -0.2) is 22.8 Å². The van der Waals surface area contributed by atoms with E-state index in [2.05, 4.69) is 26.2 Å². The zero-order chi connectivity index (χ0) is 19.5. The van der Waals surface area contributed by atoms with Crippen LogP contribution in [0.15, 0.2) is 29.4 Å². The van der Waals surface area contributed by atoms with Gasteiger partial charge in [-0.05, 0) is 12.1 Å². The number of rotatable bonds is 4. The Balaban J connectivity index is 2.45. The van der Waals surface area contributed by atoms with Gasteiger partial charge >= 0.3 is 0 Å². The average Bonchev–Trinajstić information content (AvgIpc) is 2.54. The van der Waals surface area contributed by atoms with E-state index in [0.717, 1.165) is 6.07 Å². The molecule has 2 rings (SSSR count). The van der Waals surface area contributed by atoms with Crippen molar-refractivity contribution >= 4 is 35.5 Å². The number of halogens is 2. The molecule has 26 heavy (non-hydrogen) atoms. The minimum atomic E-state index is -4.23. The van der Waals surface area contributed by atoms with Gasteiger partial charge in [0.2, 0.25) is 5.88 Å². The number of nitrogens with zero attached hydrogens (tertiary/aromatic N) is 2. The van der Waals surface area contributed by atoms with Crippen LogP contribution in [0.5, 0.6) is 5.88 Å². The number of hydrogen-bond donors (Lipinski definition) is 1. The summed E-state index contributed by atoms with van der Waals surface area (Å²) in [4.78, 5) is 7.23. The van der Waals surface area contributed by atoms with Crippen molar-refractivity contribution in [3.63, 3.8) is 0 Å². The van der Waals surface area contributed by atoms with Crippen LogP contribution in [0.1, 0.15) is 5.56 Å². The Bertz CT molecular complexity index is 998. The number of methoxy groups -OCH3 is 1. The van der Waals surface area contributed by atoms with Crippen molar-refractivity contribution in [3.8, 4) is 17.3 Å². The molecule has 6 nitrogen and oxygen atoms in total. The number of aromatic nitrogens is 2. The first-order chi connectivity index (χ1) is 12.0. The Morgan fingerprint density at radius 1 is 1.31 bits per heavy atom. The standard InChI is InChI=1S/C16H17ClFN3O3SSi/c1-24-16-13(9-12(17)10-20-16)25(22,23)21-15-14(18)11(5-7-19-15)6-8-26(2,3)4/h5,7,9-10H,1-4H3,(H,19,21). The van der Waals surface area contributed by atoms with Gasteiger partial charge in [-0.1, -0.05) is 37.2 Å². The molecule has 0 atom stereocenters. The number of ether oxygens (including phenoxy) is 1. The average molecular weight is 414 g/mol. The van der Waals surface area contributed by atoms with Crippen molar-refractivity contribution in [1.29, 1.82) is 0 Å². The van der Waals surface area contributed by atoms with Crippen LogP contribution in [-0.4, -0.2) is 33.6 Å². The number of hydrogen-bond acceptors (Lipinski definition) is 5. The first kappa shape index (κ1) is 20.2. The first-order valence-corrected chi connectivity index (χ1v) is 12.8. The van der Waals surface area contributed by atoms with Gasteiger partial charge in [0, 0.05) is 12.4 Å². The van der Waals surface area contributed by atoms with Crippen LogP contribution >= 0.6 is 11.6 Å². The topological polar surface area (TPSA) is 81.2 Å². The molecule has 0 aromatic carbocycles. The minimum Gasteiger partial charge on any atom is -0.480 e. The van der Waals surface area contributed by atoms with Crippen molar-refractivity contribution in [2.24, 2.45) is 0 Å². The molecule has 10 heteroatoms. The molecule has 0 aliphatic carbocycles. The quantitative estimate of drug-likeness (QED) is 0.614. The fraction of sp³-hybridized carbons (Fsp3) is 0.250. The Morgan fingerprint density at radius 3 is 2.62 bits per heavy atom. The zero-order valence-electron chi connectivity index (χ0n) is 14.6. The second kappa shape index (κ2) is 7.61. The molecule has 0 aliphatic rings. The lowest BCUT2D eigenvalue weighted by atomic mass is 10.2. The van der Waals surface area contributed by atoms with Gasteiger partial charge in [-0.15, -0.1) is 5.54 Å². The summed E-state index contributed by atoms with van der Waals surface area (Å²) in [6.07, 6.45) is 2.52. The Morgan fingerprint density at radius 2 is 2.00 bits per heavy atom. The van der Waals surface area contributed by atoms with Crippen LogP contribution in [0.3, 0.4) is 0 Å². The molecule has 0 saturated carbocycles. The summed E-state index contributed by atoms with van der Waals surface area (Å²) in [7, 11) is -4.69. The van der Waals surface area contributed by atoms with Gasteiger partial charge in [0.05, 0.1) is 17.7 Å². The van der Waals surface area contributed by atoms with Gasteiger partial charge in [0.15, 0.2) is 16.5 Å². The van der Waals surface area contributed by atoms with Crippen molar-refractivity contribution < 1.29 is 17.5 Å². The fourth-order valence-corrected chi connectivity index (χ4v) is 3.69. The third-order valence-corrected chi connectivity index (χ3v) is 5.38. The second-order valence-corrected chi connectivity index (χ2v) is 13.1. The van der Waals surface area contributed by atoms with Crippen molar-refractivity contribution in [1.82, 2.24) is 9.97 Å². The predicted molar refractivity (Wildman–Crippen MR) is 101 cm³/mol. The summed E-state index contributed by atoms with van der Waals surface area (Å²) in [5, 5.41) is 0.0920. The second-order valence-electron chi connectivity index (χ2n) is 6.29. The van der Waals surface area contributed by atoms with E-state index in [1.165, 1.54) is 25.6 Å². The van der Waals surface area contributed by atoms with E-state index in [-0.39, 0.29) is 21.4 Å². The van der Waals surface area contributed by atoms with Crippen LogP contribution in [-0.2, 0) is 10.0 Å². The highest BCUT2D eigenvalue weighted by Gasteiger charge is 2.24. The molecule has 0 bridgehead atoms. The number of sulfonamides is 1. The van der Waals surface area contributed by atoms with E-state index in [9.17, 15) is 12.8 Å². The van der Waals surface area contributed by atoms with Gasteiger partial charge in [-0.3, -0.25) is 4.72 Å². The first-order valence-electron chi connectivity index (χ1n) is 7.43. The van der Waals surface area contributed by atoms with Gasteiger partial charge in [0.25, 0.3) is 10.0 Å².